The average Bonchev–Trinajstić information content (AvgIpc) is 3.01. The van der Waals surface area contributed by atoms with Crippen LogP contribution in [0.4, 0.5) is 0 Å². The van der Waals surface area contributed by atoms with Gasteiger partial charge in [-0.05, 0) is 49.5 Å². The zero-order chi connectivity index (χ0) is 19.2. The molecule has 140 valence electrons. The molecule has 0 saturated heterocycles. The van der Waals surface area contributed by atoms with Crippen LogP contribution >= 0.6 is 28.1 Å². The molecule has 1 heterocycles. The van der Waals surface area contributed by atoms with Crippen molar-refractivity contribution in [1.82, 2.24) is 20.1 Å². The van der Waals surface area contributed by atoms with E-state index in [9.17, 15) is 4.79 Å². The second-order valence-corrected chi connectivity index (χ2v) is 7.05. The summed E-state index contributed by atoms with van der Waals surface area (Å²) < 4.78 is 9.30. The van der Waals surface area contributed by atoms with E-state index >= 15 is 0 Å². The number of aromatic amines is 1. The molecule has 2 aromatic carbocycles. The lowest BCUT2D eigenvalue weighted by atomic mass is 10.2. The Kier molecular flexibility index (Phi) is 6.41. The lowest BCUT2D eigenvalue weighted by Crippen LogP contribution is -2.26. The van der Waals surface area contributed by atoms with Crippen LogP contribution in [0.1, 0.15) is 23.1 Å². The minimum Gasteiger partial charge on any atom is -0.456 e. The summed E-state index contributed by atoms with van der Waals surface area (Å²) in [7, 11) is 0. The molecule has 0 radical (unpaired) electrons. The van der Waals surface area contributed by atoms with Crippen LogP contribution < -0.4 is 10.1 Å². The molecule has 0 aliphatic carbocycles. The first-order valence-corrected chi connectivity index (χ1v) is 9.73. The summed E-state index contributed by atoms with van der Waals surface area (Å²) in [5, 5.41) is 9.90. The van der Waals surface area contributed by atoms with Gasteiger partial charge in [0, 0.05) is 24.0 Å². The van der Waals surface area contributed by atoms with E-state index < -0.39 is 0 Å². The molecule has 0 spiro atoms. The number of hydrogen-bond donors (Lipinski definition) is 2. The van der Waals surface area contributed by atoms with Crippen LogP contribution in [-0.2, 0) is 13.0 Å². The molecule has 0 fully saturated rings. The van der Waals surface area contributed by atoms with E-state index in [1.54, 1.807) is 12.1 Å². The molecular weight excluding hydrogens is 428 g/mol. The van der Waals surface area contributed by atoms with Crippen LogP contribution in [-0.4, -0.2) is 27.2 Å². The van der Waals surface area contributed by atoms with Crippen molar-refractivity contribution in [2.75, 3.05) is 6.54 Å². The van der Waals surface area contributed by atoms with E-state index in [4.69, 9.17) is 17.0 Å². The number of carbonyl (C=O) groups is 1. The Morgan fingerprint density at radius 3 is 2.89 bits per heavy atom. The molecule has 8 heteroatoms. The fourth-order valence-corrected chi connectivity index (χ4v) is 3.31. The van der Waals surface area contributed by atoms with Crippen molar-refractivity contribution in [2.24, 2.45) is 0 Å². The van der Waals surface area contributed by atoms with E-state index in [0.717, 1.165) is 16.8 Å². The highest BCUT2D eigenvalue weighted by Crippen LogP contribution is 2.27. The molecule has 0 bridgehead atoms. The Bertz CT molecular complexity index is 999. The number of hydrogen-bond acceptors (Lipinski definition) is 4. The molecule has 3 rings (SSSR count). The van der Waals surface area contributed by atoms with E-state index in [0.29, 0.717) is 34.8 Å². The molecule has 0 atom stereocenters. The van der Waals surface area contributed by atoms with Crippen LogP contribution in [0.3, 0.4) is 0 Å². The fourth-order valence-electron chi connectivity index (χ4n) is 2.65. The number of aromatic nitrogens is 3. The summed E-state index contributed by atoms with van der Waals surface area (Å²) in [5.74, 6) is 1.78. The molecular formula is C19H19BrN4O2S. The van der Waals surface area contributed by atoms with Gasteiger partial charge in [0.05, 0.1) is 5.56 Å². The minimum absolute atomic E-state index is 0.197. The lowest BCUT2D eigenvalue weighted by molar-refractivity contribution is 0.0951. The maximum absolute atomic E-state index is 12.6. The third-order valence-electron chi connectivity index (χ3n) is 3.94. The number of ether oxygens (including phenoxy) is 1. The predicted octanol–water partition coefficient (Wildman–Crippen LogP) is 4.49. The summed E-state index contributed by atoms with van der Waals surface area (Å²) in [5.41, 5.74) is 0.479. The Balaban J connectivity index is 1.67. The fraction of sp³-hybridized carbons (Fsp3) is 0.211. The second kappa shape index (κ2) is 8.96. The first-order chi connectivity index (χ1) is 13.1. The number of carbonyl (C=O) groups excluding carboxylic acids is 1. The standard InChI is InChI=1S/C19H19BrN4O2S/c1-2-24-17(22-23-19(24)27)10-11-21-18(25)15-8-3-4-9-16(15)26-14-7-5-6-13(20)12-14/h3-9,12H,2,10-11H2,1H3,(H,21,25)(H,23,27). The van der Waals surface area contributed by atoms with Gasteiger partial charge >= 0.3 is 0 Å². The van der Waals surface area contributed by atoms with Gasteiger partial charge in [0.1, 0.15) is 17.3 Å². The number of H-pyrrole nitrogens is 1. The van der Waals surface area contributed by atoms with Crippen molar-refractivity contribution < 1.29 is 9.53 Å². The molecule has 27 heavy (non-hydrogen) atoms. The highest BCUT2D eigenvalue weighted by molar-refractivity contribution is 9.10. The summed E-state index contributed by atoms with van der Waals surface area (Å²) in [6.07, 6.45) is 0.585. The molecule has 2 N–H and O–H groups in total. The number of nitrogens with zero attached hydrogens (tertiary/aromatic N) is 2. The summed E-state index contributed by atoms with van der Waals surface area (Å²) in [6.45, 7) is 3.19. The molecule has 0 aliphatic heterocycles. The first-order valence-electron chi connectivity index (χ1n) is 8.53. The molecule has 6 nitrogen and oxygen atoms in total. The van der Waals surface area contributed by atoms with E-state index in [1.165, 1.54) is 0 Å². The third-order valence-corrected chi connectivity index (χ3v) is 4.75. The summed E-state index contributed by atoms with van der Waals surface area (Å²) in [4.78, 5) is 12.6. The van der Waals surface area contributed by atoms with Gasteiger partial charge in [-0.25, -0.2) is 0 Å². The van der Waals surface area contributed by atoms with Crippen molar-refractivity contribution in [2.45, 2.75) is 19.9 Å². The van der Waals surface area contributed by atoms with E-state index in [2.05, 4.69) is 31.4 Å². The van der Waals surface area contributed by atoms with Crippen molar-refractivity contribution in [3.05, 3.63) is 69.2 Å². The lowest BCUT2D eigenvalue weighted by Gasteiger charge is -2.12. The van der Waals surface area contributed by atoms with Gasteiger partial charge in [-0.2, -0.15) is 5.10 Å². The largest absolute Gasteiger partial charge is 0.456 e. The summed E-state index contributed by atoms with van der Waals surface area (Å²) >= 11 is 8.59. The van der Waals surface area contributed by atoms with Crippen molar-refractivity contribution in [3.8, 4) is 11.5 Å². The quantitative estimate of drug-likeness (QED) is 0.524. The van der Waals surface area contributed by atoms with Crippen molar-refractivity contribution >= 4 is 34.1 Å². The maximum atomic E-state index is 12.6. The average molecular weight is 447 g/mol. The SMILES string of the molecule is CCn1c(CCNC(=O)c2ccccc2Oc2cccc(Br)c2)n[nH]c1=S. The topological polar surface area (TPSA) is 71.9 Å². The highest BCUT2D eigenvalue weighted by Gasteiger charge is 2.13. The molecule has 3 aromatic rings. The summed E-state index contributed by atoms with van der Waals surface area (Å²) in [6, 6.07) is 14.6. The molecule has 0 saturated carbocycles. The smallest absolute Gasteiger partial charge is 0.255 e. The number of halogens is 1. The second-order valence-electron chi connectivity index (χ2n) is 5.75. The van der Waals surface area contributed by atoms with E-state index in [-0.39, 0.29) is 5.91 Å². The Morgan fingerprint density at radius 2 is 2.11 bits per heavy atom. The maximum Gasteiger partial charge on any atom is 0.255 e. The van der Waals surface area contributed by atoms with Gasteiger partial charge in [-0.3, -0.25) is 9.89 Å². The number of amides is 1. The molecule has 0 aliphatic rings. The van der Waals surface area contributed by atoms with Gasteiger partial charge in [-0.15, -0.1) is 0 Å². The van der Waals surface area contributed by atoms with Crippen molar-refractivity contribution in [3.63, 3.8) is 0 Å². The van der Waals surface area contributed by atoms with E-state index in [1.807, 2.05) is 47.9 Å². The van der Waals surface area contributed by atoms with Gasteiger partial charge in [0.15, 0.2) is 4.77 Å². The Morgan fingerprint density at radius 1 is 1.30 bits per heavy atom. The van der Waals surface area contributed by atoms with Gasteiger partial charge in [0.25, 0.3) is 5.91 Å². The number of benzene rings is 2. The van der Waals surface area contributed by atoms with Crippen LogP contribution in [0.2, 0.25) is 0 Å². The first kappa shape index (κ1) is 19.3. The molecule has 0 unspecified atom stereocenters. The zero-order valence-electron chi connectivity index (χ0n) is 14.7. The monoisotopic (exact) mass is 446 g/mol. The number of nitrogens with one attached hydrogen (secondary N) is 2. The van der Waals surface area contributed by atoms with Crippen LogP contribution in [0.5, 0.6) is 11.5 Å². The minimum atomic E-state index is -0.197. The highest BCUT2D eigenvalue weighted by atomic mass is 79.9. The Hall–Kier alpha value is -2.45. The number of para-hydroxylation sites is 1. The van der Waals surface area contributed by atoms with Crippen LogP contribution in [0.15, 0.2) is 53.0 Å². The van der Waals surface area contributed by atoms with Gasteiger partial charge < -0.3 is 14.6 Å². The van der Waals surface area contributed by atoms with Gasteiger partial charge in [0.2, 0.25) is 0 Å². The van der Waals surface area contributed by atoms with Gasteiger partial charge in [-0.1, -0.05) is 34.1 Å². The normalized spacial score (nSPS) is 10.6. The van der Waals surface area contributed by atoms with Crippen molar-refractivity contribution in [1.29, 1.82) is 0 Å². The predicted molar refractivity (Wildman–Crippen MR) is 110 cm³/mol. The Labute approximate surface area is 170 Å². The van der Waals surface area contributed by atoms with Crippen LogP contribution in [0, 0.1) is 4.77 Å². The number of rotatable bonds is 7. The third kappa shape index (κ3) is 4.84. The molecule has 1 amide bonds. The molecule has 1 aromatic heterocycles. The van der Waals surface area contributed by atoms with Crippen LogP contribution in [0.25, 0.3) is 0 Å². The zero-order valence-corrected chi connectivity index (χ0v) is 17.1.